The summed E-state index contributed by atoms with van der Waals surface area (Å²) in [7, 11) is 0. The number of nitrogens with zero attached hydrogens (tertiary/aromatic N) is 1. The number of amides is 1. The van der Waals surface area contributed by atoms with Crippen molar-refractivity contribution in [3.05, 3.63) is 52.9 Å². The van der Waals surface area contributed by atoms with Crippen molar-refractivity contribution in [1.29, 1.82) is 0 Å². The molecule has 3 aromatic rings. The van der Waals surface area contributed by atoms with Crippen LogP contribution in [0.15, 0.2) is 47.2 Å². The molecular formula is C18H18N2O2S2. The van der Waals surface area contributed by atoms with Gasteiger partial charge in [-0.2, -0.15) is 0 Å². The van der Waals surface area contributed by atoms with Gasteiger partial charge in [0, 0.05) is 5.38 Å². The zero-order chi connectivity index (χ0) is 16.8. The fourth-order valence-electron chi connectivity index (χ4n) is 2.17. The lowest BCUT2D eigenvalue weighted by atomic mass is 10.2. The van der Waals surface area contributed by atoms with Crippen LogP contribution in [0, 0.1) is 0 Å². The Morgan fingerprint density at radius 3 is 2.88 bits per heavy atom. The van der Waals surface area contributed by atoms with E-state index in [4.69, 9.17) is 4.74 Å². The van der Waals surface area contributed by atoms with E-state index in [1.807, 2.05) is 47.2 Å². The van der Waals surface area contributed by atoms with Crippen LogP contribution < -0.4 is 10.1 Å². The second kappa shape index (κ2) is 8.08. The maximum absolute atomic E-state index is 12.3. The molecule has 24 heavy (non-hydrogen) atoms. The van der Waals surface area contributed by atoms with E-state index in [1.165, 1.54) is 0 Å². The van der Waals surface area contributed by atoms with Gasteiger partial charge in [0.2, 0.25) is 5.91 Å². The molecule has 0 saturated carbocycles. The molecule has 0 aliphatic heterocycles. The van der Waals surface area contributed by atoms with E-state index < -0.39 is 0 Å². The van der Waals surface area contributed by atoms with Gasteiger partial charge in [0.25, 0.3) is 0 Å². The highest BCUT2D eigenvalue weighted by Crippen LogP contribution is 2.28. The molecule has 0 radical (unpaired) electrons. The molecule has 6 heteroatoms. The minimum atomic E-state index is -0.0921. The molecule has 0 aliphatic rings. The van der Waals surface area contributed by atoms with Crippen LogP contribution in [-0.2, 0) is 11.2 Å². The molecule has 0 fully saturated rings. The normalized spacial score (nSPS) is 10.5. The second-order valence-corrected chi connectivity index (χ2v) is 7.00. The van der Waals surface area contributed by atoms with Crippen LogP contribution in [-0.4, -0.2) is 17.5 Å². The van der Waals surface area contributed by atoms with Gasteiger partial charge in [-0.15, -0.1) is 22.7 Å². The predicted octanol–water partition coefficient (Wildman–Crippen LogP) is 4.84. The molecule has 4 nitrogen and oxygen atoms in total. The summed E-state index contributed by atoms with van der Waals surface area (Å²) >= 11 is 3.22. The van der Waals surface area contributed by atoms with Gasteiger partial charge in [0.15, 0.2) is 0 Å². The fourth-order valence-corrected chi connectivity index (χ4v) is 3.80. The fraction of sp³-hybridized carbons (Fsp3) is 0.222. The Hall–Kier alpha value is -2.18. The lowest BCUT2D eigenvalue weighted by molar-refractivity contribution is -0.115. The zero-order valence-corrected chi connectivity index (χ0v) is 15.0. The number of benzene rings is 1. The summed E-state index contributed by atoms with van der Waals surface area (Å²) in [5, 5.41) is 7.84. The Morgan fingerprint density at radius 2 is 2.08 bits per heavy atom. The van der Waals surface area contributed by atoms with Crippen LogP contribution in [0.4, 0.5) is 5.69 Å². The Morgan fingerprint density at radius 1 is 1.21 bits per heavy atom. The first kappa shape index (κ1) is 16.7. The zero-order valence-electron chi connectivity index (χ0n) is 13.3. The van der Waals surface area contributed by atoms with Crippen LogP contribution >= 0.6 is 22.7 Å². The molecule has 0 saturated heterocycles. The molecule has 0 aliphatic carbocycles. The molecule has 1 N–H and O–H groups in total. The number of hydrogen-bond acceptors (Lipinski definition) is 5. The van der Waals surface area contributed by atoms with Crippen molar-refractivity contribution in [2.45, 2.75) is 19.8 Å². The van der Waals surface area contributed by atoms with Gasteiger partial charge in [-0.3, -0.25) is 4.79 Å². The van der Waals surface area contributed by atoms with Crippen molar-refractivity contribution in [3.63, 3.8) is 0 Å². The number of anilines is 1. The van der Waals surface area contributed by atoms with E-state index >= 15 is 0 Å². The summed E-state index contributed by atoms with van der Waals surface area (Å²) < 4.78 is 5.66. The second-order valence-electron chi connectivity index (χ2n) is 5.19. The lowest BCUT2D eigenvalue weighted by Gasteiger charge is -2.11. The minimum Gasteiger partial charge on any atom is -0.491 e. The van der Waals surface area contributed by atoms with E-state index in [0.29, 0.717) is 18.0 Å². The molecule has 1 amide bonds. The van der Waals surface area contributed by atoms with Crippen molar-refractivity contribution in [2.75, 3.05) is 11.9 Å². The summed E-state index contributed by atoms with van der Waals surface area (Å²) in [5.74, 6) is 0.607. The standard InChI is InChI=1S/C18H18N2O2S2/c1-2-9-22-15-7-4-3-6-14(15)20-17(21)11-13-12-24-18(19-13)16-8-5-10-23-16/h3-8,10,12H,2,9,11H2,1H3,(H,20,21). The molecule has 0 atom stereocenters. The average Bonchev–Trinajstić information content (AvgIpc) is 3.25. The van der Waals surface area contributed by atoms with E-state index in [1.54, 1.807) is 22.7 Å². The number of para-hydroxylation sites is 2. The molecule has 3 rings (SSSR count). The summed E-state index contributed by atoms with van der Waals surface area (Å²) in [5.41, 5.74) is 1.48. The number of carbonyl (C=O) groups is 1. The number of rotatable bonds is 7. The van der Waals surface area contributed by atoms with Gasteiger partial charge in [0.05, 0.1) is 29.3 Å². The number of aromatic nitrogens is 1. The monoisotopic (exact) mass is 358 g/mol. The highest BCUT2D eigenvalue weighted by atomic mass is 32.1. The lowest BCUT2D eigenvalue weighted by Crippen LogP contribution is -2.15. The smallest absolute Gasteiger partial charge is 0.230 e. The van der Waals surface area contributed by atoms with Gasteiger partial charge in [-0.25, -0.2) is 4.98 Å². The first-order chi connectivity index (χ1) is 11.8. The van der Waals surface area contributed by atoms with E-state index in [0.717, 1.165) is 22.0 Å². The van der Waals surface area contributed by atoms with Crippen LogP contribution in [0.5, 0.6) is 5.75 Å². The Balaban J connectivity index is 1.64. The van der Waals surface area contributed by atoms with Crippen LogP contribution in [0.2, 0.25) is 0 Å². The minimum absolute atomic E-state index is 0.0921. The maximum Gasteiger partial charge on any atom is 0.230 e. The van der Waals surface area contributed by atoms with Crippen molar-refractivity contribution in [2.24, 2.45) is 0 Å². The number of nitrogens with one attached hydrogen (secondary N) is 1. The topological polar surface area (TPSA) is 51.2 Å². The Kier molecular flexibility index (Phi) is 5.61. The number of ether oxygens (including phenoxy) is 1. The van der Waals surface area contributed by atoms with Crippen LogP contribution in [0.1, 0.15) is 19.0 Å². The number of thiophene rings is 1. The van der Waals surface area contributed by atoms with Crippen molar-refractivity contribution in [3.8, 4) is 15.6 Å². The van der Waals surface area contributed by atoms with Crippen LogP contribution in [0.25, 0.3) is 9.88 Å². The van der Waals surface area contributed by atoms with Crippen molar-refractivity contribution < 1.29 is 9.53 Å². The predicted molar refractivity (Wildman–Crippen MR) is 100.0 cm³/mol. The molecular weight excluding hydrogens is 340 g/mol. The molecule has 1 aromatic carbocycles. The quantitative estimate of drug-likeness (QED) is 0.657. The third kappa shape index (κ3) is 4.21. The molecule has 0 bridgehead atoms. The largest absolute Gasteiger partial charge is 0.491 e. The number of hydrogen-bond donors (Lipinski definition) is 1. The summed E-state index contributed by atoms with van der Waals surface area (Å²) in [6, 6.07) is 11.5. The Labute approximate surface area is 149 Å². The number of thiazole rings is 1. The Bertz CT molecular complexity index is 797. The SMILES string of the molecule is CCCOc1ccccc1NC(=O)Cc1csc(-c2cccs2)n1. The van der Waals surface area contributed by atoms with Crippen molar-refractivity contribution in [1.82, 2.24) is 4.98 Å². The summed E-state index contributed by atoms with van der Waals surface area (Å²) in [6.07, 6.45) is 1.18. The van der Waals surface area contributed by atoms with E-state index in [-0.39, 0.29) is 12.3 Å². The first-order valence-electron chi connectivity index (χ1n) is 7.76. The van der Waals surface area contributed by atoms with Crippen LogP contribution in [0.3, 0.4) is 0 Å². The summed E-state index contributed by atoms with van der Waals surface area (Å²) in [4.78, 5) is 18.0. The van der Waals surface area contributed by atoms with Gasteiger partial charge < -0.3 is 10.1 Å². The molecule has 2 aromatic heterocycles. The number of carbonyl (C=O) groups excluding carboxylic acids is 1. The molecule has 0 spiro atoms. The van der Waals surface area contributed by atoms with E-state index in [2.05, 4.69) is 17.2 Å². The summed E-state index contributed by atoms with van der Waals surface area (Å²) in [6.45, 7) is 2.68. The molecule has 2 heterocycles. The maximum atomic E-state index is 12.3. The highest BCUT2D eigenvalue weighted by molar-refractivity contribution is 7.20. The van der Waals surface area contributed by atoms with Gasteiger partial charge in [0.1, 0.15) is 10.8 Å². The average molecular weight is 358 g/mol. The van der Waals surface area contributed by atoms with Crippen molar-refractivity contribution >= 4 is 34.3 Å². The molecule has 0 unspecified atom stereocenters. The first-order valence-corrected chi connectivity index (χ1v) is 9.52. The van der Waals surface area contributed by atoms with E-state index in [9.17, 15) is 4.79 Å². The third-order valence-electron chi connectivity index (χ3n) is 3.25. The molecule has 124 valence electrons. The third-order valence-corrected chi connectivity index (χ3v) is 5.18. The highest BCUT2D eigenvalue weighted by Gasteiger charge is 2.12. The van der Waals surface area contributed by atoms with Gasteiger partial charge in [-0.1, -0.05) is 25.1 Å². The van der Waals surface area contributed by atoms with Gasteiger partial charge >= 0.3 is 0 Å². The van der Waals surface area contributed by atoms with Gasteiger partial charge in [-0.05, 0) is 30.0 Å².